The molecule has 0 saturated carbocycles. The molecule has 0 unspecified atom stereocenters. The number of nitrogens with one attached hydrogen (secondary N) is 1. The van der Waals surface area contributed by atoms with Gasteiger partial charge in [-0.05, 0) is 36.8 Å². The van der Waals surface area contributed by atoms with Crippen molar-refractivity contribution in [1.29, 1.82) is 0 Å². The van der Waals surface area contributed by atoms with Crippen LogP contribution in [0.4, 0.5) is 4.79 Å². The van der Waals surface area contributed by atoms with Gasteiger partial charge in [-0.2, -0.15) is 0 Å². The van der Waals surface area contributed by atoms with Crippen LogP contribution in [0, 0.1) is 6.92 Å². The van der Waals surface area contributed by atoms with Crippen LogP contribution >= 0.6 is 0 Å². The summed E-state index contributed by atoms with van der Waals surface area (Å²) in [5.41, 5.74) is 4.90. The third kappa shape index (κ3) is 3.57. The average Bonchev–Trinajstić information content (AvgIpc) is 3.12. The standard InChI is InChI=1S/C22H19N3O3/c1-14-9-10-16(21-17-7-2-3-8-20(17)28-25-21)18(12-14)19(24-22(26)27)13-15-6-4-5-11-23-15/h2-12,19,24H,13H2,1H3,(H,26,27)/t19-/m0/s1. The van der Waals surface area contributed by atoms with Gasteiger partial charge in [0.2, 0.25) is 0 Å². The zero-order valence-electron chi connectivity index (χ0n) is 15.3. The number of benzene rings is 2. The first-order valence-corrected chi connectivity index (χ1v) is 8.96. The molecule has 0 bridgehead atoms. The van der Waals surface area contributed by atoms with E-state index >= 15 is 0 Å². The summed E-state index contributed by atoms with van der Waals surface area (Å²) in [6, 6.07) is 18.7. The van der Waals surface area contributed by atoms with Crippen LogP contribution < -0.4 is 5.32 Å². The Labute approximate surface area is 161 Å². The van der Waals surface area contributed by atoms with Crippen molar-refractivity contribution in [2.24, 2.45) is 0 Å². The summed E-state index contributed by atoms with van der Waals surface area (Å²) in [6.45, 7) is 1.98. The molecular formula is C22H19N3O3. The maximum atomic E-state index is 11.5. The molecule has 0 aliphatic rings. The number of nitrogens with zero attached hydrogens (tertiary/aromatic N) is 2. The smallest absolute Gasteiger partial charge is 0.405 e. The summed E-state index contributed by atoms with van der Waals surface area (Å²) < 4.78 is 5.47. The largest absolute Gasteiger partial charge is 0.465 e. The Bertz CT molecular complexity index is 1120. The highest BCUT2D eigenvalue weighted by atomic mass is 16.5. The van der Waals surface area contributed by atoms with Gasteiger partial charge in [0.1, 0.15) is 5.69 Å². The lowest BCUT2D eigenvalue weighted by molar-refractivity contribution is 0.189. The molecule has 0 fully saturated rings. The summed E-state index contributed by atoms with van der Waals surface area (Å²) in [7, 11) is 0. The Morgan fingerprint density at radius 1 is 1.14 bits per heavy atom. The first-order chi connectivity index (χ1) is 13.6. The molecule has 2 aromatic heterocycles. The van der Waals surface area contributed by atoms with Gasteiger partial charge in [0.05, 0.1) is 6.04 Å². The van der Waals surface area contributed by atoms with E-state index in [2.05, 4.69) is 15.5 Å². The number of hydrogen-bond donors (Lipinski definition) is 2. The van der Waals surface area contributed by atoms with E-state index in [9.17, 15) is 9.90 Å². The number of pyridine rings is 1. The Morgan fingerprint density at radius 3 is 2.75 bits per heavy atom. The van der Waals surface area contributed by atoms with Gasteiger partial charge < -0.3 is 14.9 Å². The van der Waals surface area contributed by atoms with Crippen molar-refractivity contribution in [3.63, 3.8) is 0 Å². The van der Waals surface area contributed by atoms with E-state index in [1.807, 2.05) is 67.6 Å². The topological polar surface area (TPSA) is 88.3 Å². The third-order valence-electron chi connectivity index (χ3n) is 4.65. The van der Waals surface area contributed by atoms with Gasteiger partial charge in [0.15, 0.2) is 5.58 Å². The van der Waals surface area contributed by atoms with Gasteiger partial charge >= 0.3 is 6.09 Å². The van der Waals surface area contributed by atoms with Gasteiger partial charge in [0.25, 0.3) is 0 Å². The fourth-order valence-corrected chi connectivity index (χ4v) is 3.38. The Hall–Kier alpha value is -3.67. The van der Waals surface area contributed by atoms with Crippen molar-refractivity contribution in [3.05, 3.63) is 83.7 Å². The number of para-hydroxylation sites is 1. The summed E-state index contributed by atoms with van der Waals surface area (Å²) in [5.74, 6) is 0. The number of aryl methyl sites for hydroxylation is 1. The van der Waals surface area contributed by atoms with E-state index in [-0.39, 0.29) is 0 Å². The van der Waals surface area contributed by atoms with Gasteiger partial charge in [0, 0.05) is 29.3 Å². The van der Waals surface area contributed by atoms with Crippen LogP contribution in [0.15, 0.2) is 71.4 Å². The third-order valence-corrected chi connectivity index (χ3v) is 4.65. The molecule has 0 radical (unpaired) electrons. The minimum Gasteiger partial charge on any atom is -0.465 e. The number of amides is 1. The molecule has 0 spiro atoms. The van der Waals surface area contributed by atoms with Crippen LogP contribution in [0.25, 0.3) is 22.2 Å². The lowest BCUT2D eigenvalue weighted by atomic mass is 9.92. The zero-order valence-corrected chi connectivity index (χ0v) is 15.3. The van der Waals surface area contributed by atoms with Crippen LogP contribution in [0.2, 0.25) is 0 Å². The molecule has 0 aliphatic carbocycles. The second kappa shape index (κ2) is 7.52. The minimum atomic E-state index is -1.08. The molecule has 4 rings (SSSR count). The number of hydrogen-bond acceptors (Lipinski definition) is 4. The van der Waals surface area contributed by atoms with Crippen molar-refractivity contribution in [3.8, 4) is 11.3 Å². The van der Waals surface area contributed by atoms with Gasteiger partial charge in [-0.3, -0.25) is 4.98 Å². The zero-order chi connectivity index (χ0) is 19.5. The van der Waals surface area contributed by atoms with Crippen LogP contribution in [0.3, 0.4) is 0 Å². The molecule has 2 heterocycles. The molecule has 4 aromatic rings. The predicted octanol–water partition coefficient (Wildman–Crippen LogP) is 4.75. The van der Waals surface area contributed by atoms with Crippen LogP contribution in [0.5, 0.6) is 0 Å². The summed E-state index contributed by atoms with van der Waals surface area (Å²) in [6.07, 6.45) is 1.05. The van der Waals surface area contributed by atoms with Crippen molar-refractivity contribution in [1.82, 2.24) is 15.5 Å². The maximum Gasteiger partial charge on any atom is 0.405 e. The van der Waals surface area contributed by atoms with Crippen molar-refractivity contribution >= 4 is 17.1 Å². The Morgan fingerprint density at radius 2 is 1.96 bits per heavy atom. The molecule has 2 N–H and O–H groups in total. The molecule has 140 valence electrons. The van der Waals surface area contributed by atoms with Crippen LogP contribution in [0.1, 0.15) is 22.9 Å². The molecule has 0 aliphatic heterocycles. The van der Waals surface area contributed by atoms with E-state index in [0.29, 0.717) is 17.7 Å². The highest BCUT2D eigenvalue weighted by Crippen LogP contribution is 2.34. The summed E-state index contributed by atoms with van der Waals surface area (Å²) >= 11 is 0. The van der Waals surface area contributed by atoms with E-state index in [0.717, 1.165) is 27.8 Å². The van der Waals surface area contributed by atoms with E-state index < -0.39 is 12.1 Å². The molecule has 1 atom stereocenters. The Balaban J connectivity index is 1.84. The Kier molecular flexibility index (Phi) is 4.76. The normalized spacial score (nSPS) is 12.0. The minimum absolute atomic E-state index is 0.430. The van der Waals surface area contributed by atoms with Gasteiger partial charge in [-0.15, -0.1) is 0 Å². The molecular weight excluding hydrogens is 354 g/mol. The van der Waals surface area contributed by atoms with Gasteiger partial charge in [-0.1, -0.05) is 47.1 Å². The highest BCUT2D eigenvalue weighted by molar-refractivity contribution is 5.92. The number of fused-ring (bicyclic) bond motifs is 1. The second-order valence-electron chi connectivity index (χ2n) is 6.65. The van der Waals surface area contributed by atoms with E-state index in [4.69, 9.17) is 4.52 Å². The van der Waals surface area contributed by atoms with Crippen molar-refractivity contribution < 1.29 is 14.4 Å². The number of aromatic nitrogens is 2. The number of carboxylic acid groups (broad SMARTS) is 1. The second-order valence-corrected chi connectivity index (χ2v) is 6.65. The lowest BCUT2D eigenvalue weighted by Gasteiger charge is -2.20. The maximum absolute atomic E-state index is 11.5. The average molecular weight is 373 g/mol. The monoisotopic (exact) mass is 373 g/mol. The molecule has 6 nitrogen and oxygen atoms in total. The number of rotatable bonds is 5. The highest BCUT2D eigenvalue weighted by Gasteiger charge is 2.22. The van der Waals surface area contributed by atoms with Crippen molar-refractivity contribution in [2.45, 2.75) is 19.4 Å². The fourth-order valence-electron chi connectivity index (χ4n) is 3.38. The van der Waals surface area contributed by atoms with Crippen LogP contribution in [-0.2, 0) is 6.42 Å². The fraction of sp³-hybridized carbons (Fsp3) is 0.136. The first-order valence-electron chi connectivity index (χ1n) is 8.96. The van der Waals surface area contributed by atoms with Gasteiger partial charge in [-0.25, -0.2) is 4.79 Å². The predicted molar refractivity (Wildman–Crippen MR) is 106 cm³/mol. The summed E-state index contributed by atoms with van der Waals surface area (Å²) in [4.78, 5) is 15.9. The molecule has 2 aromatic carbocycles. The molecule has 0 saturated heterocycles. The molecule has 1 amide bonds. The van der Waals surface area contributed by atoms with Crippen molar-refractivity contribution in [2.75, 3.05) is 0 Å². The number of carbonyl (C=O) groups is 1. The van der Waals surface area contributed by atoms with E-state index in [1.165, 1.54) is 0 Å². The molecule has 6 heteroatoms. The lowest BCUT2D eigenvalue weighted by Crippen LogP contribution is -2.29. The SMILES string of the molecule is Cc1ccc(-c2noc3ccccc23)c([C@H](Cc2ccccn2)NC(=O)O)c1. The summed E-state index contributed by atoms with van der Waals surface area (Å²) in [5, 5.41) is 17.2. The first kappa shape index (κ1) is 17.7. The van der Waals surface area contributed by atoms with Crippen LogP contribution in [-0.4, -0.2) is 21.3 Å². The quantitative estimate of drug-likeness (QED) is 0.527. The molecule has 28 heavy (non-hydrogen) atoms. The van der Waals surface area contributed by atoms with E-state index in [1.54, 1.807) is 6.20 Å².